The second-order valence-corrected chi connectivity index (χ2v) is 4.79. The number of anilines is 2. The Morgan fingerprint density at radius 2 is 1.84 bits per heavy atom. The molecule has 0 aromatic heterocycles. The number of nitrogen functional groups attached to an aromatic ring is 1. The van der Waals surface area contributed by atoms with Gasteiger partial charge in [0.05, 0.1) is 6.10 Å². The first-order chi connectivity index (χ1) is 8.57. The van der Waals surface area contributed by atoms with Gasteiger partial charge in [-0.15, -0.1) is 0 Å². The number of rotatable bonds is 3. The zero-order valence-corrected chi connectivity index (χ0v) is 11.9. The van der Waals surface area contributed by atoms with Gasteiger partial charge in [0, 0.05) is 23.5 Å². The Morgan fingerprint density at radius 1 is 1.37 bits per heavy atom. The minimum absolute atomic E-state index is 0.493. The largest absolute Gasteiger partial charge is 0.399 e. The van der Waals surface area contributed by atoms with Crippen LogP contribution in [0.1, 0.15) is 31.1 Å². The van der Waals surface area contributed by atoms with Crippen LogP contribution in [0.4, 0.5) is 11.4 Å². The molecule has 0 heterocycles. The van der Waals surface area contributed by atoms with Gasteiger partial charge in [-0.25, -0.2) is 0 Å². The third-order valence-corrected chi connectivity index (χ3v) is 2.34. The SMILES string of the molecule is CCNc1ccc(N)c(C)c1C(C)O.O=S(=O)(O)O. The molecule has 0 aliphatic heterocycles. The Hall–Kier alpha value is -1.35. The first-order valence-corrected chi connectivity index (χ1v) is 6.98. The molecule has 0 bridgehead atoms. The van der Waals surface area contributed by atoms with E-state index in [1.54, 1.807) is 6.92 Å². The Kier molecular flexibility index (Phi) is 6.77. The lowest BCUT2D eigenvalue weighted by molar-refractivity contribution is 0.199. The minimum atomic E-state index is -4.67. The van der Waals surface area contributed by atoms with Gasteiger partial charge in [-0.3, -0.25) is 9.11 Å². The van der Waals surface area contributed by atoms with Crippen molar-refractivity contribution in [3.8, 4) is 0 Å². The maximum absolute atomic E-state index is 9.64. The molecule has 1 aromatic carbocycles. The van der Waals surface area contributed by atoms with Crippen LogP contribution in [0, 0.1) is 6.92 Å². The van der Waals surface area contributed by atoms with E-state index in [0.717, 1.165) is 29.0 Å². The normalized spacial score (nSPS) is 12.3. The van der Waals surface area contributed by atoms with Gasteiger partial charge in [0.25, 0.3) is 0 Å². The van der Waals surface area contributed by atoms with Gasteiger partial charge >= 0.3 is 10.4 Å². The van der Waals surface area contributed by atoms with Crippen LogP contribution in [0.2, 0.25) is 0 Å². The summed E-state index contributed by atoms with van der Waals surface area (Å²) < 4.78 is 31.6. The molecule has 8 heteroatoms. The maximum Gasteiger partial charge on any atom is 0.394 e. The second-order valence-electron chi connectivity index (χ2n) is 3.90. The van der Waals surface area contributed by atoms with Crippen molar-refractivity contribution in [3.05, 3.63) is 23.3 Å². The van der Waals surface area contributed by atoms with Crippen molar-refractivity contribution >= 4 is 21.8 Å². The standard InChI is InChI=1S/C11H18N2O.H2O4S/c1-4-13-10-6-5-9(12)7(2)11(10)8(3)14;1-5(2,3)4/h5-6,8,13-14H,4,12H2,1-3H3;(H2,1,2,3,4). The van der Waals surface area contributed by atoms with E-state index in [1.807, 2.05) is 26.0 Å². The monoisotopic (exact) mass is 292 g/mol. The number of nitrogens with two attached hydrogens (primary N) is 1. The molecule has 110 valence electrons. The smallest absolute Gasteiger partial charge is 0.394 e. The molecule has 1 aromatic rings. The number of nitrogens with one attached hydrogen (secondary N) is 1. The quantitative estimate of drug-likeness (QED) is 0.420. The minimum Gasteiger partial charge on any atom is -0.399 e. The fourth-order valence-corrected chi connectivity index (χ4v) is 1.63. The van der Waals surface area contributed by atoms with E-state index in [0.29, 0.717) is 0 Å². The summed E-state index contributed by atoms with van der Waals surface area (Å²) in [4.78, 5) is 0. The number of aliphatic hydroxyl groups excluding tert-OH is 1. The van der Waals surface area contributed by atoms with Crippen LogP contribution < -0.4 is 11.1 Å². The zero-order valence-electron chi connectivity index (χ0n) is 11.1. The summed E-state index contributed by atoms with van der Waals surface area (Å²) in [5.74, 6) is 0. The van der Waals surface area contributed by atoms with E-state index in [9.17, 15) is 5.11 Å². The molecular weight excluding hydrogens is 272 g/mol. The molecule has 0 aliphatic rings. The summed E-state index contributed by atoms with van der Waals surface area (Å²) in [6, 6.07) is 3.77. The van der Waals surface area contributed by atoms with E-state index in [2.05, 4.69) is 5.32 Å². The molecule has 1 rings (SSSR count). The summed E-state index contributed by atoms with van der Waals surface area (Å²) in [6.45, 7) is 6.54. The van der Waals surface area contributed by atoms with Crippen LogP contribution in [-0.4, -0.2) is 29.2 Å². The topological polar surface area (TPSA) is 133 Å². The Morgan fingerprint density at radius 3 is 2.21 bits per heavy atom. The highest BCUT2D eigenvalue weighted by Gasteiger charge is 2.12. The molecule has 7 nitrogen and oxygen atoms in total. The van der Waals surface area contributed by atoms with Crippen LogP contribution in [0.3, 0.4) is 0 Å². The maximum atomic E-state index is 9.64. The molecular formula is C11H20N2O5S. The van der Waals surface area contributed by atoms with Crippen molar-refractivity contribution in [2.24, 2.45) is 0 Å². The Balaban J connectivity index is 0.000000555. The molecule has 6 N–H and O–H groups in total. The summed E-state index contributed by atoms with van der Waals surface area (Å²) in [5, 5.41) is 12.9. The molecule has 0 saturated heterocycles. The van der Waals surface area contributed by atoms with Crippen molar-refractivity contribution in [1.29, 1.82) is 0 Å². The first-order valence-electron chi connectivity index (χ1n) is 5.58. The summed E-state index contributed by atoms with van der Waals surface area (Å²) in [5.41, 5.74) is 9.33. The van der Waals surface area contributed by atoms with Crippen LogP contribution >= 0.6 is 0 Å². The van der Waals surface area contributed by atoms with Gasteiger partial charge in [0.1, 0.15) is 0 Å². The second kappa shape index (κ2) is 7.29. The molecule has 19 heavy (non-hydrogen) atoms. The van der Waals surface area contributed by atoms with Crippen molar-refractivity contribution in [2.45, 2.75) is 26.9 Å². The van der Waals surface area contributed by atoms with Crippen molar-refractivity contribution in [2.75, 3.05) is 17.6 Å². The Bertz CT molecular complexity index is 506. The molecule has 1 atom stereocenters. The van der Waals surface area contributed by atoms with Gasteiger partial charge in [-0.1, -0.05) is 0 Å². The molecule has 0 radical (unpaired) electrons. The predicted molar refractivity (Wildman–Crippen MR) is 74.6 cm³/mol. The van der Waals surface area contributed by atoms with Crippen LogP contribution in [-0.2, 0) is 10.4 Å². The highest BCUT2D eigenvalue weighted by molar-refractivity contribution is 7.79. The molecule has 1 unspecified atom stereocenters. The average Bonchev–Trinajstić information content (AvgIpc) is 2.21. The molecule has 0 fully saturated rings. The lowest BCUT2D eigenvalue weighted by atomic mass is 10.0. The fourth-order valence-electron chi connectivity index (χ4n) is 1.63. The summed E-state index contributed by atoms with van der Waals surface area (Å²) in [6.07, 6.45) is -0.493. The van der Waals surface area contributed by atoms with Crippen LogP contribution in [0.5, 0.6) is 0 Å². The molecule has 0 spiro atoms. The van der Waals surface area contributed by atoms with Gasteiger partial charge in [-0.2, -0.15) is 8.42 Å². The highest BCUT2D eigenvalue weighted by atomic mass is 32.3. The van der Waals surface area contributed by atoms with Gasteiger partial charge in [0.2, 0.25) is 0 Å². The number of hydrogen-bond donors (Lipinski definition) is 5. The molecule has 0 amide bonds. The lowest BCUT2D eigenvalue weighted by Gasteiger charge is -2.17. The van der Waals surface area contributed by atoms with E-state index >= 15 is 0 Å². The van der Waals surface area contributed by atoms with Crippen LogP contribution in [0.15, 0.2) is 12.1 Å². The molecule has 0 aliphatic carbocycles. The van der Waals surface area contributed by atoms with Crippen LogP contribution in [0.25, 0.3) is 0 Å². The van der Waals surface area contributed by atoms with E-state index in [1.165, 1.54) is 0 Å². The van der Waals surface area contributed by atoms with Crippen molar-refractivity contribution in [1.82, 2.24) is 0 Å². The lowest BCUT2D eigenvalue weighted by Crippen LogP contribution is -2.07. The van der Waals surface area contributed by atoms with Gasteiger partial charge < -0.3 is 16.2 Å². The zero-order chi connectivity index (χ0) is 15.2. The number of aliphatic hydroxyl groups is 1. The molecule has 0 saturated carbocycles. The fraction of sp³-hybridized carbons (Fsp3) is 0.455. The van der Waals surface area contributed by atoms with Crippen molar-refractivity contribution in [3.63, 3.8) is 0 Å². The van der Waals surface area contributed by atoms with Crippen molar-refractivity contribution < 1.29 is 22.6 Å². The van der Waals surface area contributed by atoms with E-state index in [-0.39, 0.29) is 0 Å². The highest BCUT2D eigenvalue weighted by Crippen LogP contribution is 2.29. The summed E-state index contributed by atoms with van der Waals surface area (Å²) in [7, 11) is -4.67. The van der Waals surface area contributed by atoms with E-state index in [4.69, 9.17) is 23.3 Å². The third-order valence-electron chi connectivity index (χ3n) is 2.34. The van der Waals surface area contributed by atoms with E-state index < -0.39 is 16.5 Å². The number of benzene rings is 1. The van der Waals surface area contributed by atoms with Gasteiger partial charge in [0.15, 0.2) is 0 Å². The predicted octanol–water partition coefficient (Wildman–Crippen LogP) is 1.41. The summed E-state index contributed by atoms with van der Waals surface area (Å²) >= 11 is 0. The third kappa shape index (κ3) is 6.97. The number of hydrogen-bond acceptors (Lipinski definition) is 5. The van der Waals surface area contributed by atoms with Gasteiger partial charge in [-0.05, 0) is 38.5 Å². The Labute approximate surface area is 113 Å². The first kappa shape index (κ1) is 17.6. The average molecular weight is 292 g/mol.